The van der Waals surface area contributed by atoms with Gasteiger partial charge < -0.3 is 9.64 Å². The smallest absolute Gasteiger partial charge is 0.248 e. The Labute approximate surface area is 148 Å². The third kappa shape index (κ3) is 3.22. The summed E-state index contributed by atoms with van der Waals surface area (Å²) in [7, 11) is 5.25. The van der Waals surface area contributed by atoms with E-state index >= 15 is 0 Å². The van der Waals surface area contributed by atoms with Crippen molar-refractivity contribution in [2.75, 3.05) is 27.7 Å². The summed E-state index contributed by atoms with van der Waals surface area (Å²) in [5.41, 5.74) is 1.11. The highest BCUT2D eigenvalue weighted by molar-refractivity contribution is 5.87. The summed E-state index contributed by atoms with van der Waals surface area (Å²) in [5, 5.41) is 0. The fourth-order valence-corrected chi connectivity index (χ4v) is 3.56. The van der Waals surface area contributed by atoms with Gasteiger partial charge in [0, 0.05) is 33.0 Å². The van der Waals surface area contributed by atoms with E-state index in [1.54, 1.807) is 44.7 Å². The van der Waals surface area contributed by atoms with Crippen LogP contribution in [0.4, 0.5) is 0 Å². The first-order valence-electron chi connectivity index (χ1n) is 8.44. The first-order valence-corrected chi connectivity index (χ1v) is 8.44. The minimum absolute atomic E-state index is 0.0546. The molecule has 0 spiro atoms. The van der Waals surface area contributed by atoms with Crippen LogP contribution in [0.15, 0.2) is 42.9 Å². The molecule has 1 aromatic carbocycles. The number of carbonyl (C=O) groups excluding carboxylic acids is 1. The number of aromatic nitrogens is 2. The lowest BCUT2D eigenvalue weighted by Crippen LogP contribution is -2.52. The largest absolute Gasteiger partial charge is 0.497 e. The molecule has 2 heterocycles. The van der Waals surface area contributed by atoms with Gasteiger partial charge in [0.1, 0.15) is 11.3 Å². The van der Waals surface area contributed by atoms with Crippen molar-refractivity contribution in [3.8, 4) is 5.75 Å². The van der Waals surface area contributed by atoms with E-state index in [2.05, 4.69) is 14.9 Å². The quantitative estimate of drug-likeness (QED) is 0.834. The molecular weight excluding hydrogens is 316 g/mol. The number of rotatable bonds is 5. The summed E-state index contributed by atoms with van der Waals surface area (Å²) in [4.78, 5) is 25.7. The molecule has 1 aromatic heterocycles. The highest BCUT2D eigenvalue weighted by Gasteiger charge is 2.50. The van der Waals surface area contributed by atoms with Gasteiger partial charge in [0.2, 0.25) is 5.91 Å². The standard InChI is InChI=1S/C19H24N4O2/c1-22(2)18(24)19(17-13-20-10-11-21-17)9-4-12-23(19)14-15-5-7-16(25-3)8-6-15/h5-8,10-11,13H,4,9,12,14H2,1-3H3/t19-/m0/s1. The molecule has 1 amide bonds. The Morgan fingerprint density at radius 1 is 1.28 bits per heavy atom. The predicted molar refractivity (Wildman–Crippen MR) is 95.0 cm³/mol. The molecule has 6 heteroatoms. The number of ether oxygens (including phenoxy) is 1. The van der Waals surface area contributed by atoms with Crippen molar-refractivity contribution >= 4 is 5.91 Å². The molecule has 1 aliphatic rings. The molecule has 0 N–H and O–H groups in total. The van der Waals surface area contributed by atoms with Crippen LogP contribution in [0.5, 0.6) is 5.75 Å². The highest BCUT2D eigenvalue weighted by Crippen LogP contribution is 2.40. The Kier molecular flexibility index (Phi) is 4.99. The average Bonchev–Trinajstić information content (AvgIpc) is 3.06. The van der Waals surface area contributed by atoms with Gasteiger partial charge >= 0.3 is 0 Å². The summed E-state index contributed by atoms with van der Waals surface area (Å²) >= 11 is 0. The fraction of sp³-hybridized carbons (Fsp3) is 0.421. The molecule has 25 heavy (non-hydrogen) atoms. The lowest BCUT2D eigenvalue weighted by atomic mass is 9.90. The minimum atomic E-state index is -0.752. The predicted octanol–water partition coefficient (Wildman–Crippen LogP) is 2.06. The second-order valence-electron chi connectivity index (χ2n) is 6.52. The SMILES string of the molecule is COc1ccc(CN2CCC[C@@]2(C(=O)N(C)C)c2cnccn2)cc1. The molecule has 0 unspecified atom stereocenters. The Bertz CT molecular complexity index is 718. The molecule has 1 saturated heterocycles. The van der Waals surface area contributed by atoms with E-state index in [1.807, 2.05) is 24.3 Å². The Morgan fingerprint density at radius 3 is 2.64 bits per heavy atom. The highest BCUT2D eigenvalue weighted by atomic mass is 16.5. The Hall–Kier alpha value is -2.47. The van der Waals surface area contributed by atoms with Crippen molar-refractivity contribution in [2.45, 2.75) is 24.9 Å². The van der Waals surface area contributed by atoms with Crippen LogP contribution in [0.3, 0.4) is 0 Å². The maximum Gasteiger partial charge on any atom is 0.248 e. The van der Waals surface area contributed by atoms with Crippen molar-refractivity contribution in [1.29, 1.82) is 0 Å². The van der Waals surface area contributed by atoms with E-state index in [4.69, 9.17) is 4.74 Å². The summed E-state index contributed by atoms with van der Waals surface area (Å²) in [6, 6.07) is 7.98. The zero-order valence-corrected chi connectivity index (χ0v) is 15.0. The molecule has 0 saturated carbocycles. The zero-order valence-electron chi connectivity index (χ0n) is 15.0. The molecule has 132 valence electrons. The van der Waals surface area contributed by atoms with Gasteiger partial charge in [-0.25, -0.2) is 0 Å². The number of likely N-dealkylation sites (N-methyl/N-ethyl adjacent to an activating group) is 1. The molecule has 3 rings (SSSR count). The maximum absolute atomic E-state index is 13.2. The molecular formula is C19H24N4O2. The van der Waals surface area contributed by atoms with E-state index < -0.39 is 5.54 Å². The number of benzene rings is 1. The average molecular weight is 340 g/mol. The van der Waals surface area contributed by atoms with E-state index in [1.165, 1.54) is 0 Å². The van der Waals surface area contributed by atoms with Crippen molar-refractivity contribution in [3.63, 3.8) is 0 Å². The van der Waals surface area contributed by atoms with Crippen molar-refractivity contribution in [2.24, 2.45) is 0 Å². The van der Waals surface area contributed by atoms with Gasteiger partial charge in [0.25, 0.3) is 0 Å². The number of methoxy groups -OCH3 is 1. The van der Waals surface area contributed by atoms with Crippen LogP contribution in [0.2, 0.25) is 0 Å². The van der Waals surface area contributed by atoms with Crippen LogP contribution >= 0.6 is 0 Å². The van der Waals surface area contributed by atoms with Gasteiger partial charge in [0.15, 0.2) is 0 Å². The van der Waals surface area contributed by atoms with Gasteiger partial charge in [-0.2, -0.15) is 0 Å². The molecule has 0 bridgehead atoms. The number of nitrogens with zero attached hydrogens (tertiary/aromatic N) is 4. The van der Waals surface area contributed by atoms with Crippen molar-refractivity contribution in [3.05, 3.63) is 54.1 Å². The first-order chi connectivity index (χ1) is 12.1. The molecule has 1 fully saturated rings. The number of likely N-dealkylation sites (tertiary alicyclic amines) is 1. The van der Waals surface area contributed by atoms with E-state index in [0.29, 0.717) is 6.54 Å². The Balaban J connectivity index is 1.96. The number of hydrogen-bond acceptors (Lipinski definition) is 5. The van der Waals surface area contributed by atoms with Gasteiger partial charge in [-0.05, 0) is 37.1 Å². The lowest BCUT2D eigenvalue weighted by molar-refractivity contribution is -0.141. The number of amides is 1. The Morgan fingerprint density at radius 2 is 2.04 bits per heavy atom. The summed E-state index contributed by atoms with van der Waals surface area (Å²) < 4.78 is 5.23. The van der Waals surface area contributed by atoms with Gasteiger partial charge in [0.05, 0.1) is 19.0 Å². The van der Waals surface area contributed by atoms with E-state index in [9.17, 15) is 4.79 Å². The number of hydrogen-bond donors (Lipinski definition) is 0. The second-order valence-corrected chi connectivity index (χ2v) is 6.52. The van der Waals surface area contributed by atoms with Crippen molar-refractivity contribution in [1.82, 2.24) is 19.8 Å². The monoisotopic (exact) mass is 340 g/mol. The molecule has 0 radical (unpaired) electrons. The van der Waals surface area contributed by atoms with Gasteiger partial charge in [-0.15, -0.1) is 0 Å². The van der Waals surface area contributed by atoms with E-state index in [-0.39, 0.29) is 5.91 Å². The van der Waals surface area contributed by atoms with Crippen LogP contribution in [0.25, 0.3) is 0 Å². The normalized spacial score (nSPS) is 20.4. The summed E-state index contributed by atoms with van der Waals surface area (Å²) in [5.74, 6) is 0.883. The molecule has 0 aliphatic carbocycles. The molecule has 6 nitrogen and oxygen atoms in total. The minimum Gasteiger partial charge on any atom is -0.497 e. The second kappa shape index (κ2) is 7.19. The van der Waals surface area contributed by atoms with Crippen LogP contribution < -0.4 is 4.74 Å². The van der Waals surface area contributed by atoms with E-state index in [0.717, 1.165) is 36.4 Å². The van der Waals surface area contributed by atoms with Crippen LogP contribution in [-0.2, 0) is 16.9 Å². The first kappa shape index (κ1) is 17.4. The summed E-state index contributed by atoms with van der Waals surface area (Å²) in [6.45, 7) is 1.53. The third-order valence-electron chi connectivity index (χ3n) is 4.79. The summed E-state index contributed by atoms with van der Waals surface area (Å²) in [6.07, 6.45) is 6.71. The van der Waals surface area contributed by atoms with Crippen LogP contribution in [-0.4, -0.2) is 53.4 Å². The van der Waals surface area contributed by atoms with Gasteiger partial charge in [-0.1, -0.05) is 12.1 Å². The van der Waals surface area contributed by atoms with Crippen LogP contribution in [0.1, 0.15) is 24.1 Å². The number of carbonyl (C=O) groups is 1. The fourth-order valence-electron chi connectivity index (χ4n) is 3.56. The van der Waals surface area contributed by atoms with Gasteiger partial charge in [-0.3, -0.25) is 19.7 Å². The molecule has 1 aliphatic heterocycles. The van der Waals surface area contributed by atoms with Crippen LogP contribution in [0, 0.1) is 0 Å². The molecule has 1 atom stereocenters. The topological polar surface area (TPSA) is 58.6 Å². The molecule has 2 aromatic rings. The lowest BCUT2D eigenvalue weighted by Gasteiger charge is -2.38. The van der Waals surface area contributed by atoms with Crippen molar-refractivity contribution < 1.29 is 9.53 Å². The third-order valence-corrected chi connectivity index (χ3v) is 4.79. The maximum atomic E-state index is 13.2. The zero-order chi connectivity index (χ0) is 17.9.